The maximum atomic E-state index is 14.8. The van der Waals surface area contributed by atoms with E-state index in [4.69, 9.17) is 9.52 Å². The standard InChI is InChI=1S/C25H18F5N6O3S/c1-39-22-17(12-32-23(36-22)33-15-3-2-4-16(11-15)40(31)38)13-5-8-20(19(27)9-13)34-24(37)35-21-10-14(25(28,29)30)6-7-18(21)26/h2-12,31H,1H3,(H,32,33,36)(H2,34,35,37)/q-1. The molecule has 0 bridgehead atoms. The Morgan fingerprint density at radius 1 is 0.975 bits per heavy atom. The Morgan fingerprint density at radius 2 is 1.73 bits per heavy atom. The Hall–Kier alpha value is -4.79. The molecule has 9 nitrogen and oxygen atoms in total. The van der Waals surface area contributed by atoms with Crippen LogP contribution in [0.25, 0.3) is 11.1 Å². The SMILES string of the molecule is COc1nc(Nc2cccc([S-](=N)=O)c2)ncc1-c1ccc(NC(=O)Nc2cc(C(F)(F)F)ccc2F)c(F)c1. The highest BCUT2D eigenvalue weighted by Crippen LogP contribution is 2.33. The third-order valence-electron chi connectivity index (χ3n) is 5.32. The number of urea groups is 1. The molecule has 0 spiro atoms. The molecule has 1 aromatic heterocycles. The van der Waals surface area contributed by atoms with Gasteiger partial charge < -0.3 is 29.7 Å². The van der Waals surface area contributed by atoms with E-state index in [2.05, 4.69) is 20.6 Å². The maximum absolute atomic E-state index is 14.8. The van der Waals surface area contributed by atoms with Crippen LogP contribution in [0.1, 0.15) is 5.56 Å². The lowest BCUT2D eigenvalue weighted by atomic mass is 10.1. The summed E-state index contributed by atoms with van der Waals surface area (Å²) < 4.78 is 91.4. The fourth-order valence-corrected chi connectivity index (χ4v) is 3.89. The molecule has 0 aliphatic carbocycles. The number of anilines is 4. The highest BCUT2D eigenvalue weighted by atomic mass is 32.2. The van der Waals surface area contributed by atoms with Gasteiger partial charge in [0, 0.05) is 11.9 Å². The molecule has 4 N–H and O–H groups in total. The number of nitrogens with zero attached hydrogens (tertiary/aromatic N) is 2. The van der Waals surface area contributed by atoms with Crippen molar-refractivity contribution in [3.8, 4) is 17.0 Å². The van der Waals surface area contributed by atoms with Crippen LogP contribution in [0.4, 0.5) is 49.8 Å². The minimum atomic E-state index is -4.75. The number of nitrogens with one attached hydrogen (secondary N) is 4. The second-order valence-electron chi connectivity index (χ2n) is 8.00. The lowest BCUT2D eigenvalue weighted by molar-refractivity contribution is -0.137. The topological polar surface area (TPSA) is 129 Å². The van der Waals surface area contributed by atoms with Crippen molar-refractivity contribution in [1.82, 2.24) is 9.97 Å². The number of carbonyl (C=O) groups is 1. The molecule has 0 fully saturated rings. The number of hydrogen-bond acceptors (Lipinski definition) is 8. The molecule has 208 valence electrons. The largest absolute Gasteiger partial charge is 0.480 e. The van der Waals surface area contributed by atoms with Gasteiger partial charge in [-0.15, -0.1) is 0 Å². The first-order valence-electron chi connectivity index (χ1n) is 11.1. The van der Waals surface area contributed by atoms with Gasteiger partial charge >= 0.3 is 12.2 Å². The second kappa shape index (κ2) is 11.5. The third-order valence-corrected chi connectivity index (χ3v) is 6.00. The van der Waals surface area contributed by atoms with E-state index in [1.165, 1.54) is 37.6 Å². The van der Waals surface area contributed by atoms with Crippen molar-refractivity contribution in [2.45, 2.75) is 11.1 Å². The van der Waals surface area contributed by atoms with Gasteiger partial charge in [-0.25, -0.2) is 18.6 Å². The van der Waals surface area contributed by atoms with Gasteiger partial charge in [0.15, 0.2) is 0 Å². The summed E-state index contributed by atoms with van der Waals surface area (Å²) in [5.41, 5.74) is -1.22. The summed E-state index contributed by atoms with van der Waals surface area (Å²) in [5, 5.41) is 6.94. The molecule has 15 heteroatoms. The number of alkyl halides is 3. The Kier molecular flexibility index (Phi) is 8.13. The first kappa shape index (κ1) is 28.2. The van der Waals surface area contributed by atoms with Crippen LogP contribution in [0.5, 0.6) is 5.88 Å². The Labute approximate surface area is 225 Å². The number of carbonyl (C=O) groups excluding carboxylic acids is 1. The number of aromatic nitrogens is 2. The molecule has 0 saturated carbocycles. The average molecular weight is 578 g/mol. The lowest BCUT2D eigenvalue weighted by Crippen LogP contribution is -2.21. The summed E-state index contributed by atoms with van der Waals surface area (Å²) in [4.78, 5) is 20.9. The molecule has 2 amide bonds. The first-order chi connectivity index (χ1) is 18.9. The fraction of sp³-hybridized carbons (Fsp3) is 0.0800. The third kappa shape index (κ3) is 6.61. The molecule has 40 heavy (non-hydrogen) atoms. The molecule has 4 aromatic rings. The van der Waals surface area contributed by atoms with Gasteiger partial charge in [-0.2, -0.15) is 28.8 Å². The van der Waals surface area contributed by atoms with Gasteiger partial charge in [0.25, 0.3) is 0 Å². The number of amides is 2. The average Bonchev–Trinajstić information content (AvgIpc) is 2.90. The van der Waals surface area contributed by atoms with E-state index in [0.717, 1.165) is 6.07 Å². The number of halogens is 5. The number of rotatable bonds is 7. The summed E-state index contributed by atoms with van der Waals surface area (Å²) >= 11 is 0. The van der Waals surface area contributed by atoms with E-state index < -0.39 is 45.7 Å². The van der Waals surface area contributed by atoms with Crippen molar-refractivity contribution in [3.05, 3.63) is 84.1 Å². The van der Waals surface area contributed by atoms with Crippen molar-refractivity contribution >= 4 is 39.6 Å². The van der Waals surface area contributed by atoms with Gasteiger partial charge in [0.05, 0.1) is 29.6 Å². The molecule has 4 rings (SSSR count). The lowest BCUT2D eigenvalue weighted by Gasteiger charge is -2.13. The van der Waals surface area contributed by atoms with Gasteiger partial charge in [0.1, 0.15) is 11.6 Å². The fourth-order valence-electron chi connectivity index (χ4n) is 3.46. The van der Waals surface area contributed by atoms with E-state index in [-0.39, 0.29) is 33.5 Å². The van der Waals surface area contributed by atoms with Crippen LogP contribution in [-0.4, -0.2) is 23.1 Å². The van der Waals surface area contributed by atoms with Crippen LogP contribution in [0.3, 0.4) is 0 Å². The normalized spacial score (nSPS) is 11.3. The van der Waals surface area contributed by atoms with E-state index in [0.29, 0.717) is 23.9 Å². The predicted octanol–water partition coefficient (Wildman–Crippen LogP) is 6.92. The number of hydrogen-bond donors (Lipinski definition) is 4. The molecule has 0 aliphatic heterocycles. The quantitative estimate of drug-likeness (QED) is 0.139. The zero-order chi connectivity index (χ0) is 29.0. The highest BCUT2D eigenvalue weighted by molar-refractivity contribution is 7.73. The molecule has 0 saturated heterocycles. The van der Waals surface area contributed by atoms with E-state index in [9.17, 15) is 31.0 Å². The monoisotopic (exact) mass is 577 g/mol. The van der Waals surface area contributed by atoms with Gasteiger partial charge in [-0.1, -0.05) is 29.2 Å². The van der Waals surface area contributed by atoms with Crippen molar-refractivity contribution in [3.63, 3.8) is 0 Å². The molecular formula is C25H18F5N6O3S-. The van der Waals surface area contributed by atoms with Gasteiger partial charge in [0.2, 0.25) is 11.8 Å². The molecule has 0 unspecified atom stereocenters. The number of ether oxygens (including phenoxy) is 1. The van der Waals surface area contributed by atoms with E-state index in [1.807, 2.05) is 5.32 Å². The molecule has 3 aromatic carbocycles. The van der Waals surface area contributed by atoms with Crippen molar-refractivity contribution in [2.75, 3.05) is 23.1 Å². The zero-order valence-corrected chi connectivity index (χ0v) is 21.1. The maximum Gasteiger partial charge on any atom is 0.416 e. The second-order valence-corrected chi connectivity index (χ2v) is 9.01. The minimum Gasteiger partial charge on any atom is -0.480 e. The number of methoxy groups -OCH3 is 1. The van der Waals surface area contributed by atoms with Gasteiger partial charge in [-0.05, 0) is 42.0 Å². The summed E-state index contributed by atoms with van der Waals surface area (Å²) in [6, 6.07) is 10.2. The van der Waals surface area contributed by atoms with E-state index in [1.54, 1.807) is 12.1 Å². The number of benzene rings is 3. The smallest absolute Gasteiger partial charge is 0.416 e. The Morgan fingerprint density at radius 3 is 2.40 bits per heavy atom. The van der Waals surface area contributed by atoms with Crippen molar-refractivity contribution in [2.24, 2.45) is 0 Å². The summed E-state index contributed by atoms with van der Waals surface area (Å²) in [7, 11) is -0.598. The van der Waals surface area contributed by atoms with Crippen LogP contribution < -0.4 is 20.7 Å². The zero-order valence-electron chi connectivity index (χ0n) is 20.3. The van der Waals surface area contributed by atoms with Gasteiger partial charge in [-0.3, -0.25) is 0 Å². The summed E-state index contributed by atoms with van der Waals surface area (Å²) in [5.74, 6) is -1.86. The molecule has 1 heterocycles. The molecular weight excluding hydrogens is 559 g/mol. The van der Waals surface area contributed by atoms with Crippen LogP contribution in [0.2, 0.25) is 0 Å². The highest BCUT2D eigenvalue weighted by Gasteiger charge is 2.31. The Balaban J connectivity index is 1.51. The summed E-state index contributed by atoms with van der Waals surface area (Å²) in [6.45, 7) is 0. The van der Waals surface area contributed by atoms with Crippen LogP contribution >= 0.6 is 0 Å². The molecule has 0 aliphatic rings. The predicted molar refractivity (Wildman–Crippen MR) is 137 cm³/mol. The van der Waals surface area contributed by atoms with Crippen LogP contribution in [-0.2, 0) is 21.0 Å². The Bertz CT molecular complexity index is 1650. The van der Waals surface area contributed by atoms with Crippen LogP contribution in [0.15, 0.2) is 71.8 Å². The van der Waals surface area contributed by atoms with Crippen LogP contribution in [0, 0.1) is 16.4 Å². The van der Waals surface area contributed by atoms with Crippen molar-refractivity contribution in [1.29, 1.82) is 4.78 Å². The summed E-state index contributed by atoms with van der Waals surface area (Å²) in [6.07, 6.45) is -3.40. The molecule has 0 radical (unpaired) electrons. The van der Waals surface area contributed by atoms with Crippen molar-refractivity contribution < 1.29 is 35.7 Å². The van der Waals surface area contributed by atoms with E-state index >= 15 is 0 Å². The first-order valence-corrected chi connectivity index (χ1v) is 12.3. The molecule has 0 atom stereocenters. The minimum absolute atomic E-state index is 0.0654.